The average Bonchev–Trinajstić information content (AvgIpc) is 2.68. The molecule has 138 valence electrons. The van der Waals surface area contributed by atoms with Crippen molar-refractivity contribution in [3.63, 3.8) is 0 Å². The summed E-state index contributed by atoms with van der Waals surface area (Å²) in [7, 11) is 0. The molecule has 5 nitrogen and oxygen atoms in total. The third-order valence-corrected chi connectivity index (χ3v) is 4.75. The molecular weight excluding hydrogens is 343 g/mol. The van der Waals surface area contributed by atoms with Crippen LogP contribution in [0.4, 0.5) is 10.3 Å². The molecule has 2 aromatic carbocycles. The van der Waals surface area contributed by atoms with E-state index in [0.29, 0.717) is 37.6 Å². The minimum atomic E-state index is -0.237. The van der Waals surface area contributed by atoms with Crippen molar-refractivity contribution in [1.29, 1.82) is 0 Å². The van der Waals surface area contributed by atoms with Gasteiger partial charge in [-0.2, -0.15) is 0 Å². The van der Waals surface area contributed by atoms with Gasteiger partial charge < -0.3 is 5.32 Å². The third kappa shape index (κ3) is 4.23. The summed E-state index contributed by atoms with van der Waals surface area (Å²) < 4.78 is 13.4. The lowest BCUT2D eigenvalue weighted by Crippen LogP contribution is -2.35. The van der Waals surface area contributed by atoms with Crippen LogP contribution in [0.1, 0.15) is 22.4 Å². The first-order valence-corrected chi connectivity index (χ1v) is 9.04. The molecule has 0 spiro atoms. The van der Waals surface area contributed by atoms with E-state index in [1.807, 2.05) is 36.4 Å². The van der Waals surface area contributed by atoms with Gasteiger partial charge in [-0.05, 0) is 23.3 Å². The summed E-state index contributed by atoms with van der Waals surface area (Å²) in [5, 5.41) is 3.19. The highest BCUT2D eigenvalue weighted by atomic mass is 19.1. The Morgan fingerprint density at radius 2 is 1.93 bits per heavy atom. The molecule has 1 aromatic heterocycles. The quantitative estimate of drug-likeness (QED) is 0.730. The van der Waals surface area contributed by atoms with Crippen molar-refractivity contribution in [3.05, 3.63) is 93.2 Å². The largest absolute Gasteiger partial charge is 0.352 e. The molecule has 27 heavy (non-hydrogen) atoms. The number of hydrogen-bond acceptors (Lipinski definition) is 4. The number of nitrogens with zero attached hydrogens (tertiary/aromatic N) is 2. The molecule has 0 aliphatic carbocycles. The highest BCUT2D eigenvalue weighted by Crippen LogP contribution is 2.18. The molecule has 0 amide bonds. The molecule has 1 aliphatic heterocycles. The van der Waals surface area contributed by atoms with Gasteiger partial charge in [0.2, 0.25) is 5.95 Å². The third-order valence-electron chi connectivity index (χ3n) is 4.75. The SMILES string of the molecule is O=c1[nH]c(NCc2ccccc2)nc2c1CN(Cc1cccc(F)c1)CC2. The Morgan fingerprint density at radius 3 is 2.74 bits per heavy atom. The summed E-state index contributed by atoms with van der Waals surface area (Å²) in [4.78, 5) is 22.1. The monoisotopic (exact) mass is 364 g/mol. The number of nitrogens with one attached hydrogen (secondary N) is 2. The number of benzene rings is 2. The molecule has 2 heterocycles. The van der Waals surface area contributed by atoms with Gasteiger partial charge in [-0.3, -0.25) is 14.7 Å². The Morgan fingerprint density at radius 1 is 1.11 bits per heavy atom. The zero-order chi connectivity index (χ0) is 18.6. The van der Waals surface area contributed by atoms with Gasteiger partial charge in [0.15, 0.2) is 0 Å². The Kier molecular flexibility index (Phi) is 4.98. The fourth-order valence-corrected chi connectivity index (χ4v) is 3.37. The lowest BCUT2D eigenvalue weighted by atomic mass is 10.1. The van der Waals surface area contributed by atoms with E-state index in [4.69, 9.17) is 0 Å². The van der Waals surface area contributed by atoms with Crippen LogP contribution in [0.5, 0.6) is 0 Å². The summed E-state index contributed by atoms with van der Waals surface area (Å²) in [5.74, 6) is 0.264. The second-order valence-electron chi connectivity index (χ2n) is 6.77. The van der Waals surface area contributed by atoms with Gasteiger partial charge in [0.05, 0.1) is 11.3 Å². The maximum absolute atomic E-state index is 13.4. The van der Waals surface area contributed by atoms with E-state index in [-0.39, 0.29) is 11.4 Å². The number of aromatic amines is 1. The molecule has 0 atom stereocenters. The topological polar surface area (TPSA) is 61.0 Å². The smallest absolute Gasteiger partial charge is 0.257 e. The van der Waals surface area contributed by atoms with Gasteiger partial charge in [0, 0.05) is 32.6 Å². The highest BCUT2D eigenvalue weighted by Gasteiger charge is 2.21. The van der Waals surface area contributed by atoms with Crippen molar-refractivity contribution in [2.24, 2.45) is 0 Å². The van der Waals surface area contributed by atoms with Gasteiger partial charge >= 0.3 is 0 Å². The van der Waals surface area contributed by atoms with Crippen molar-refractivity contribution in [2.45, 2.75) is 26.1 Å². The van der Waals surface area contributed by atoms with Crippen molar-refractivity contribution >= 4 is 5.95 Å². The lowest BCUT2D eigenvalue weighted by molar-refractivity contribution is 0.241. The average molecular weight is 364 g/mol. The fraction of sp³-hybridized carbons (Fsp3) is 0.238. The van der Waals surface area contributed by atoms with Crippen molar-refractivity contribution < 1.29 is 4.39 Å². The normalized spacial score (nSPS) is 14.0. The van der Waals surface area contributed by atoms with Gasteiger partial charge in [-0.25, -0.2) is 9.37 Å². The number of anilines is 1. The van der Waals surface area contributed by atoms with Crippen LogP contribution in [0.25, 0.3) is 0 Å². The van der Waals surface area contributed by atoms with Crippen LogP contribution >= 0.6 is 0 Å². The Balaban J connectivity index is 1.45. The number of halogens is 1. The maximum Gasteiger partial charge on any atom is 0.257 e. The van der Waals surface area contributed by atoms with Crippen LogP contribution in [0.3, 0.4) is 0 Å². The molecule has 3 aromatic rings. The highest BCUT2D eigenvalue weighted by molar-refractivity contribution is 5.32. The van der Waals surface area contributed by atoms with Gasteiger partial charge in [-0.1, -0.05) is 42.5 Å². The molecule has 6 heteroatoms. The van der Waals surface area contributed by atoms with E-state index >= 15 is 0 Å². The minimum absolute atomic E-state index is 0.112. The standard InChI is InChI=1S/C21H21FN4O/c22-17-8-4-7-16(11-17)13-26-10-9-19-18(14-26)20(27)25-21(24-19)23-12-15-5-2-1-3-6-15/h1-8,11H,9-10,12-14H2,(H2,23,24,25,27). The first-order valence-electron chi connectivity index (χ1n) is 9.04. The van der Waals surface area contributed by atoms with Crippen molar-refractivity contribution in [3.8, 4) is 0 Å². The second-order valence-corrected chi connectivity index (χ2v) is 6.77. The van der Waals surface area contributed by atoms with E-state index in [1.54, 1.807) is 6.07 Å². The number of H-pyrrole nitrogens is 1. The molecular formula is C21H21FN4O. The van der Waals surface area contributed by atoms with Crippen molar-refractivity contribution in [2.75, 3.05) is 11.9 Å². The van der Waals surface area contributed by atoms with E-state index < -0.39 is 0 Å². The van der Waals surface area contributed by atoms with E-state index in [0.717, 1.165) is 23.4 Å². The zero-order valence-electron chi connectivity index (χ0n) is 14.9. The molecule has 4 rings (SSSR count). The summed E-state index contributed by atoms with van der Waals surface area (Å²) in [6.07, 6.45) is 0.703. The summed E-state index contributed by atoms with van der Waals surface area (Å²) in [6.45, 7) is 2.53. The van der Waals surface area contributed by atoms with E-state index in [9.17, 15) is 9.18 Å². The molecule has 0 fully saturated rings. The Bertz CT molecular complexity index is 987. The Labute approximate surface area is 156 Å². The van der Waals surface area contributed by atoms with Crippen LogP contribution in [-0.2, 0) is 26.1 Å². The molecule has 0 radical (unpaired) electrons. The predicted octanol–water partition coefficient (Wildman–Crippen LogP) is 3.08. The lowest BCUT2D eigenvalue weighted by Gasteiger charge is -2.27. The van der Waals surface area contributed by atoms with Gasteiger partial charge in [0.1, 0.15) is 5.82 Å². The summed E-state index contributed by atoms with van der Waals surface area (Å²) in [5.41, 5.74) is 3.45. The summed E-state index contributed by atoms with van der Waals surface area (Å²) >= 11 is 0. The molecule has 2 N–H and O–H groups in total. The summed E-state index contributed by atoms with van der Waals surface area (Å²) in [6, 6.07) is 16.6. The number of hydrogen-bond donors (Lipinski definition) is 2. The maximum atomic E-state index is 13.4. The van der Waals surface area contributed by atoms with Crippen LogP contribution in [-0.4, -0.2) is 21.4 Å². The second kappa shape index (κ2) is 7.72. The van der Waals surface area contributed by atoms with Crippen LogP contribution < -0.4 is 10.9 Å². The van der Waals surface area contributed by atoms with E-state index in [1.165, 1.54) is 12.1 Å². The van der Waals surface area contributed by atoms with Gasteiger partial charge in [0.25, 0.3) is 5.56 Å². The minimum Gasteiger partial charge on any atom is -0.352 e. The number of rotatable bonds is 5. The molecule has 1 aliphatic rings. The van der Waals surface area contributed by atoms with Crippen LogP contribution in [0, 0.1) is 5.82 Å². The Hall–Kier alpha value is -2.99. The molecule has 0 unspecified atom stereocenters. The molecule has 0 bridgehead atoms. The van der Waals surface area contributed by atoms with Crippen LogP contribution in [0.15, 0.2) is 59.4 Å². The first kappa shape index (κ1) is 17.4. The first-order chi connectivity index (χ1) is 13.2. The van der Waals surface area contributed by atoms with E-state index in [2.05, 4.69) is 20.2 Å². The molecule has 0 saturated carbocycles. The van der Waals surface area contributed by atoms with Crippen molar-refractivity contribution in [1.82, 2.24) is 14.9 Å². The predicted molar refractivity (Wildman–Crippen MR) is 103 cm³/mol. The van der Waals surface area contributed by atoms with Crippen LogP contribution in [0.2, 0.25) is 0 Å². The fourth-order valence-electron chi connectivity index (χ4n) is 3.37. The zero-order valence-corrected chi connectivity index (χ0v) is 14.9. The molecule has 0 saturated heterocycles. The number of aromatic nitrogens is 2. The van der Waals surface area contributed by atoms with Gasteiger partial charge in [-0.15, -0.1) is 0 Å². The number of fused-ring (bicyclic) bond motifs is 1.